The molecule has 2 aromatic rings. The van der Waals surface area contributed by atoms with Gasteiger partial charge in [0, 0.05) is 12.1 Å². The average Bonchev–Trinajstić information content (AvgIpc) is 2.67. The van der Waals surface area contributed by atoms with Crippen LogP contribution in [0.3, 0.4) is 0 Å². The van der Waals surface area contributed by atoms with Crippen molar-refractivity contribution in [3.63, 3.8) is 0 Å². The van der Waals surface area contributed by atoms with Crippen LogP contribution in [0.4, 0.5) is 5.69 Å². The third-order valence-electron chi connectivity index (χ3n) is 4.02. The van der Waals surface area contributed by atoms with Gasteiger partial charge in [-0.15, -0.1) is 0 Å². The highest BCUT2D eigenvalue weighted by molar-refractivity contribution is 5.99. The number of ether oxygens (including phenoxy) is 3. The Morgan fingerprint density at radius 2 is 1.96 bits per heavy atom. The average molecular weight is 356 g/mol. The zero-order chi connectivity index (χ0) is 18.5. The van der Waals surface area contributed by atoms with Gasteiger partial charge in [-0.25, -0.2) is 0 Å². The molecule has 1 aliphatic rings. The number of carbonyl (C=O) groups is 2. The Labute approximate surface area is 151 Å². The number of rotatable bonds is 6. The van der Waals surface area contributed by atoms with Crippen LogP contribution >= 0.6 is 0 Å². The predicted molar refractivity (Wildman–Crippen MR) is 96.1 cm³/mol. The van der Waals surface area contributed by atoms with Crippen LogP contribution in [0.5, 0.6) is 17.2 Å². The topological polar surface area (TPSA) is 85.9 Å². The van der Waals surface area contributed by atoms with E-state index in [1.54, 1.807) is 32.4 Å². The summed E-state index contributed by atoms with van der Waals surface area (Å²) in [6, 6.07) is 10.6. The van der Waals surface area contributed by atoms with E-state index in [0.29, 0.717) is 41.5 Å². The molecule has 0 atom stereocenters. The van der Waals surface area contributed by atoms with Crippen LogP contribution in [0.15, 0.2) is 36.4 Å². The van der Waals surface area contributed by atoms with Gasteiger partial charge in [-0.05, 0) is 42.3 Å². The predicted octanol–water partition coefficient (Wildman–Crippen LogP) is 2.01. The summed E-state index contributed by atoms with van der Waals surface area (Å²) in [5.74, 6) is 1.43. The molecule has 0 spiro atoms. The molecule has 0 unspecified atom stereocenters. The molecule has 7 heteroatoms. The molecule has 0 aromatic heterocycles. The third kappa shape index (κ3) is 3.88. The summed E-state index contributed by atoms with van der Waals surface area (Å²) in [5.41, 5.74) is 1.99. The van der Waals surface area contributed by atoms with Crippen molar-refractivity contribution in [2.24, 2.45) is 0 Å². The maximum atomic E-state index is 12.3. The summed E-state index contributed by atoms with van der Waals surface area (Å²) >= 11 is 0. The number of fused-ring (bicyclic) bond motifs is 1. The Morgan fingerprint density at radius 1 is 1.15 bits per heavy atom. The van der Waals surface area contributed by atoms with Crippen LogP contribution in [0.1, 0.15) is 15.9 Å². The van der Waals surface area contributed by atoms with Crippen molar-refractivity contribution in [1.82, 2.24) is 5.32 Å². The van der Waals surface area contributed by atoms with Crippen LogP contribution < -0.4 is 24.8 Å². The fraction of sp³-hybridized carbons (Fsp3) is 0.263. The quantitative estimate of drug-likeness (QED) is 0.827. The number of methoxy groups -OCH3 is 2. The first-order valence-corrected chi connectivity index (χ1v) is 8.16. The summed E-state index contributed by atoms with van der Waals surface area (Å²) in [5, 5.41) is 5.56. The van der Waals surface area contributed by atoms with Gasteiger partial charge >= 0.3 is 0 Å². The van der Waals surface area contributed by atoms with E-state index in [0.717, 1.165) is 5.56 Å². The molecule has 2 aromatic carbocycles. The van der Waals surface area contributed by atoms with Crippen molar-refractivity contribution in [2.75, 3.05) is 32.7 Å². The van der Waals surface area contributed by atoms with Gasteiger partial charge in [0.1, 0.15) is 5.75 Å². The molecular weight excluding hydrogens is 336 g/mol. The van der Waals surface area contributed by atoms with Crippen LogP contribution in [-0.2, 0) is 11.2 Å². The summed E-state index contributed by atoms with van der Waals surface area (Å²) in [7, 11) is 3.17. The third-order valence-corrected chi connectivity index (χ3v) is 4.02. The van der Waals surface area contributed by atoms with Crippen molar-refractivity contribution in [3.8, 4) is 17.2 Å². The van der Waals surface area contributed by atoms with Crippen molar-refractivity contribution in [1.29, 1.82) is 0 Å². The smallest absolute Gasteiger partial charge is 0.262 e. The number of hydrogen-bond donors (Lipinski definition) is 2. The Kier molecular flexibility index (Phi) is 5.26. The Morgan fingerprint density at radius 3 is 2.73 bits per heavy atom. The van der Waals surface area contributed by atoms with Gasteiger partial charge in [0.15, 0.2) is 18.1 Å². The molecule has 136 valence electrons. The van der Waals surface area contributed by atoms with E-state index < -0.39 is 0 Å². The molecule has 0 saturated heterocycles. The minimum atomic E-state index is -0.233. The number of benzene rings is 2. The lowest BCUT2D eigenvalue weighted by atomic mass is 10.1. The van der Waals surface area contributed by atoms with Gasteiger partial charge in [0.2, 0.25) is 0 Å². The summed E-state index contributed by atoms with van der Waals surface area (Å²) in [4.78, 5) is 23.7. The lowest BCUT2D eigenvalue weighted by Crippen LogP contribution is -2.28. The molecular formula is C19H20N2O5. The van der Waals surface area contributed by atoms with Crippen LogP contribution in [0, 0.1) is 0 Å². The maximum Gasteiger partial charge on any atom is 0.262 e. The molecule has 0 fully saturated rings. The van der Waals surface area contributed by atoms with Crippen molar-refractivity contribution < 1.29 is 23.8 Å². The normalized spacial score (nSPS) is 12.5. The SMILES string of the molecule is COc1ccc(CCNC(=O)c2ccc3c(c2)NC(=O)CO3)cc1OC. The first-order chi connectivity index (χ1) is 12.6. The van der Waals surface area contributed by atoms with E-state index in [2.05, 4.69) is 10.6 Å². The minimum Gasteiger partial charge on any atom is -0.493 e. The van der Waals surface area contributed by atoms with Gasteiger partial charge in [-0.2, -0.15) is 0 Å². The second kappa shape index (κ2) is 7.77. The highest BCUT2D eigenvalue weighted by Crippen LogP contribution is 2.29. The van der Waals surface area contributed by atoms with Crippen LogP contribution in [-0.4, -0.2) is 39.2 Å². The molecule has 0 saturated carbocycles. The van der Waals surface area contributed by atoms with Gasteiger partial charge in [0.05, 0.1) is 19.9 Å². The Hall–Kier alpha value is -3.22. The highest BCUT2D eigenvalue weighted by atomic mass is 16.5. The molecule has 0 bridgehead atoms. The highest BCUT2D eigenvalue weighted by Gasteiger charge is 2.17. The van der Waals surface area contributed by atoms with Gasteiger partial charge in [-0.3, -0.25) is 9.59 Å². The monoisotopic (exact) mass is 356 g/mol. The first-order valence-electron chi connectivity index (χ1n) is 8.16. The number of anilines is 1. The zero-order valence-electron chi connectivity index (χ0n) is 14.6. The second-order valence-corrected chi connectivity index (χ2v) is 5.74. The van der Waals surface area contributed by atoms with E-state index in [1.807, 2.05) is 18.2 Å². The van der Waals surface area contributed by atoms with Crippen LogP contribution in [0.25, 0.3) is 0 Å². The molecule has 7 nitrogen and oxygen atoms in total. The number of amides is 2. The zero-order valence-corrected chi connectivity index (χ0v) is 14.6. The van der Waals surface area contributed by atoms with Gasteiger partial charge in [-0.1, -0.05) is 6.07 Å². The van der Waals surface area contributed by atoms with E-state index >= 15 is 0 Å². The number of hydrogen-bond acceptors (Lipinski definition) is 5. The maximum absolute atomic E-state index is 12.3. The molecule has 3 rings (SSSR count). The summed E-state index contributed by atoms with van der Waals surface area (Å²) in [6.45, 7) is 0.456. The van der Waals surface area contributed by atoms with E-state index in [1.165, 1.54) is 0 Å². The number of carbonyl (C=O) groups excluding carboxylic acids is 2. The van der Waals surface area contributed by atoms with Crippen molar-refractivity contribution in [2.45, 2.75) is 6.42 Å². The standard InChI is InChI=1S/C19H20N2O5/c1-24-16-5-3-12(9-17(16)25-2)7-8-20-19(23)13-4-6-15-14(10-13)21-18(22)11-26-15/h3-6,9-10H,7-8,11H2,1-2H3,(H,20,23)(H,21,22). The molecule has 1 aliphatic heterocycles. The van der Waals surface area contributed by atoms with E-state index in [4.69, 9.17) is 14.2 Å². The van der Waals surface area contributed by atoms with E-state index in [9.17, 15) is 9.59 Å². The number of nitrogens with one attached hydrogen (secondary N) is 2. The fourth-order valence-electron chi connectivity index (χ4n) is 2.68. The van der Waals surface area contributed by atoms with Crippen molar-refractivity contribution >= 4 is 17.5 Å². The molecule has 2 N–H and O–H groups in total. The summed E-state index contributed by atoms with van der Waals surface area (Å²) in [6.07, 6.45) is 0.650. The first kappa shape index (κ1) is 17.6. The van der Waals surface area contributed by atoms with Gasteiger partial charge in [0.25, 0.3) is 11.8 Å². The Balaban J connectivity index is 1.59. The lowest BCUT2D eigenvalue weighted by molar-refractivity contribution is -0.118. The van der Waals surface area contributed by atoms with Crippen molar-refractivity contribution in [3.05, 3.63) is 47.5 Å². The fourth-order valence-corrected chi connectivity index (χ4v) is 2.68. The minimum absolute atomic E-state index is 0.0101. The van der Waals surface area contributed by atoms with Gasteiger partial charge < -0.3 is 24.8 Å². The van der Waals surface area contributed by atoms with Crippen LogP contribution in [0.2, 0.25) is 0 Å². The molecule has 2 amide bonds. The molecule has 0 radical (unpaired) electrons. The second-order valence-electron chi connectivity index (χ2n) is 5.74. The molecule has 26 heavy (non-hydrogen) atoms. The molecule has 1 heterocycles. The Bertz CT molecular complexity index is 835. The van der Waals surface area contributed by atoms with E-state index in [-0.39, 0.29) is 18.4 Å². The molecule has 0 aliphatic carbocycles. The largest absolute Gasteiger partial charge is 0.493 e. The summed E-state index contributed by atoms with van der Waals surface area (Å²) < 4.78 is 15.8. The lowest BCUT2D eigenvalue weighted by Gasteiger charge is -2.18.